The molecule has 2 N–H and O–H groups in total. The molecular weight excluding hydrogens is 286 g/mol. The van der Waals surface area contributed by atoms with Crippen LogP contribution >= 0.6 is 15.9 Å². The Morgan fingerprint density at radius 1 is 1.53 bits per heavy atom. The van der Waals surface area contributed by atoms with E-state index in [1.165, 1.54) is 0 Å². The van der Waals surface area contributed by atoms with Gasteiger partial charge in [-0.1, -0.05) is 6.42 Å². The Kier molecular flexibility index (Phi) is 4.23. The van der Waals surface area contributed by atoms with E-state index in [9.17, 15) is 9.90 Å². The summed E-state index contributed by atoms with van der Waals surface area (Å²) in [5, 5.41) is 12.4. The lowest BCUT2D eigenvalue weighted by Gasteiger charge is -2.25. The van der Waals surface area contributed by atoms with Gasteiger partial charge in [0, 0.05) is 6.54 Å². The Morgan fingerprint density at radius 3 is 3.00 bits per heavy atom. The number of hydrogen-bond acceptors (Lipinski definition) is 3. The van der Waals surface area contributed by atoms with Crippen molar-refractivity contribution in [3.8, 4) is 0 Å². The molecule has 2 rings (SSSR count). The average molecular weight is 302 g/mol. The molecule has 1 aliphatic rings. The van der Waals surface area contributed by atoms with Crippen LogP contribution in [0.15, 0.2) is 21.2 Å². The van der Waals surface area contributed by atoms with Crippen molar-refractivity contribution in [1.82, 2.24) is 5.32 Å². The first-order chi connectivity index (χ1) is 8.15. The zero-order valence-electron chi connectivity index (χ0n) is 9.49. The van der Waals surface area contributed by atoms with Crippen molar-refractivity contribution in [2.75, 3.05) is 6.54 Å². The van der Waals surface area contributed by atoms with Crippen LogP contribution in [-0.2, 0) is 0 Å². The van der Waals surface area contributed by atoms with Crippen LogP contribution < -0.4 is 5.32 Å². The summed E-state index contributed by atoms with van der Waals surface area (Å²) in [6.07, 6.45) is 3.56. The SMILES string of the molecule is O=C(NCC1CCCC(O)C1)c1ccc(Br)o1. The second-order valence-corrected chi connectivity index (χ2v) is 5.28. The third-order valence-electron chi connectivity index (χ3n) is 3.10. The summed E-state index contributed by atoms with van der Waals surface area (Å²) < 4.78 is 5.71. The smallest absolute Gasteiger partial charge is 0.287 e. The van der Waals surface area contributed by atoms with E-state index < -0.39 is 0 Å². The normalized spacial score (nSPS) is 24.6. The fourth-order valence-electron chi connectivity index (χ4n) is 2.21. The molecule has 4 nitrogen and oxygen atoms in total. The van der Waals surface area contributed by atoms with E-state index in [-0.39, 0.29) is 12.0 Å². The lowest BCUT2D eigenvalue weighted by Crippen LogP contribution is -2.32. The number of rotatable bonds is 3. The van der Waals surface area contributed by atoms with Crippen LogP contribution in [0, 0.1) is 5.92 Å². The molecule has 94 valence electrons. The molecule has 1 amide bonds. The monoisotopic (exact) mass is 301 g/mol. The molecule has 0 bridgehead atoms. The molecule has 1 aliphatic carbocycles. The van der Waals surface area contributed by atoms with E-state index in [1.807, 2.05) is 0 Å². The summed E-state index contributed by atoms with van der Waals surface area (Å²) in [7, 11) is 0. The van der Waals surface area contributed by atoms with Gasteiger partial charge in [-0.05, 0) is 53.2 Å². The van der Waals surface area contributed by atoms with Gasteiger partial charge in [-0.25, -0.2) is 0 Å². The van der Waals surface area contributed by atoms with Crippen molar-refractivity contribution in [1.29, 1.82) is 0 Å². The van der Waals surface area contributed by atoms with Crippen LogP contribution in [0.2, 0.25) is 0 Å². The van der Waals surface area contributed by atoms with E-state index in [1.54, 1.807) is 12.1 Å². The molecule has 0 aromatic carbocycles. The number of carbonyl (C=O) groups excluding carboxylic acids is 1. The zero-order chi connectivity index (χ0) is 12.3. The fourth-order valence-corrected chi connectivity index (χ4v) is 2.52. The zero-order valence-corrected chi connectivity index (χ0v) is 11.1. The second kappa shape index (κ2) is 5.69. The van der Waals surface area contributed by atoms with Gasteiger partial charge in [0.1, 0.15) is 0 Å². The van der Waals surface area contributed by atoms with Gasteiger partial charge in [0.15, 0.2) is 10.4 Å². The maximum Gasteiger partial charge on any atom is 0.287 e. The maximum absolute atomic E-state index is 11.7. The average Bonchev–Trinajstić information content (AvgIpc) is 2.73. The minimum Gasteiger partial charge on any atom is -0.444 e. The standard InChI is InChI=1S/C12H16BrNO3/c13-11-5-4-10(17-11)12(16)14-7-8-2-1-3-9(15)6-8/h4-5,8-9,15H,1-3,6-7H2,(H,14,16). The highest BCUT2D eigenvalue weighted by atomic mass is 79.9. The third-order valence-corrected chi connectivity index (χ3v) is 3.53. The van der Waals surface area contributed by atoms with Gasteiger partial charge in [-0.3, -0.25) is 4.79 Å². The number of carbonyl (C=O) groups is 1. The van der Waals surface area contributed by atoms with Gasteiger partial charge in [0.2, 0.25) is 0 Å². The highest BCUT2D eigenvalue weighted by Gasteiger charge is 2.21. The van der Waals surface area contributed by atoms with Crippen molar-refractivity contribution >= 4 is 21.8 Å². The molecule has 17 heavy (non-hydrogen) atoms. The van der Waals surface area contributed by atoms with Crippen LogP contribution in [0.5, 0.6) is 0 Å². The molecule has 1 aromatic rings. The van der Waals surface area contributed by atoms with E-state index in [0.29, 0.717) is 22.9 Å². The largest absolute Gasteiger partial charge is 0.444 e. The number of furan rings is 1. The first-order valence-corrected chi connectivity index (χ1v) is 6.66. The van der Waals surface area contributed by atoms with Gasteiger partial charge in [0.25, 0.3) is 5.91 Å². The molecular formula is C12H16BrNO3. The maximum atomic E-state index is 11.7. The molecule has 0 radical (unpaired) electrons. The van der Waals surface area contributed by atoms with Gasteiger partial charge >= 0.3 is 0 Å². The molecule has 2 unspecified atom stereocenters. The highest BCUT2D eigenvalue weighted by molar-refractivity contribution is 9.10. The number of aliphatic hydroxyl groups excluding tert-OH is 1. The summed E-state index contributed by atoms with van der Waals surface area (Å²) in [5.74, 6) is 0.491. The van der Waals surface area contributed by atoms with Crippen molar-refractivity contribution < 1.29 is 14.3 Å². The lowest BCUT2D eigenvalue weighted by atomic mass is 9.87. The number of aliphatic hydroxyl groups is 1. The molecule has 0 spiro atoms. The van der Waals surface area contributed by atoms with Crippen molar-refractivity contribution in [3.63, 3.8) is 0 Å². The van der Waals surface area contributed by atoms with Crippen molar-refractivity contribution in [2.24, 2.45) is 5.92 Å². The number of amides is 1. The molecule has 0 saturated heterocycles. The summed E-state index contributed by atoms with van der Waals surface area (Å²) in [4.78, 5) is 11.7. The van der Waals surface area contributed by atoms with Crippen molar-refractivity contribution in [2.45, 2.75) is 31.8 Å². The molecule has 1 fully saturated rings. The molecule has 2 atom stereocenters. The van der Waals surface area contributed by atoms with Crippen molar-refractivity contribution in [3.05, 3.63) is 22.6 Å². The van der Waals surface area contributed by atoms with Crippen LogP contribution in [0.25, 0.3) is 0 Å². The molecule has 1 heterocycles. The van der Waals surface area contributed by atoms with E-state index >= 15 is 0 Å². The fraction of sp³-hybridized carbons (Fsp3) is 0.583. The summed E-state index contributed by atoms with van der Waals surface area (Å²) in [6, 6.07) is 3.33. The summed E-state index contributed by atoms with van der Waals surface area (Å²) in [6.45, 7) is 0.605. The first-order valence-electron chi connectivity index (χ1n) is 5.87. The predicted octanol–water partition coefficient (Wildman–Crippen LogP) is 2.32. The Labute approximate surface area is 109 Å². The number of nitrogens with one attached hydrogen (secondary N) is 1. The van der Waals surface area contributed by atoms with Crippen LogP contribution in [0.3, 0.4) is 0 Å². The number of hydrogen-bond donors (Lipinski definition) is 2. The van der Waals surface area contributed by atoms with Gasteiger partial charge in [0.05, 0.1) is 6.10 Å². The molecule has 1 aromatic heterocycles. The Hall–Kier alpha value is -0.810. The molecule has 0 aliphatic heterocycles. The van der Waals surface area contributed by atoms with E-state index in [0.717, 1.165) is 25.7 Å². The predicted molar refractivity (Wildman–Crippen MR) is 66.7 cm³/mol. The Morgan fingerprint density at radius 2 is 2.35 bits per heavy atom. The highest BCUT2D eigenvalue weighted by Crippen LogP contribution is 2.23. The van der Waals surface area contributed by atoms with Crippen LogP contribution in [0.1, 0.15) is 36.2 Å². The van der Waals surface area contributed by atoms with Gasteiger partial charge in [-0.15, -0.1) is 0 Å². The topological polar surface area (TPSA) is 62.5 Å². The minimum absolute atomic E-state index is 0.198. The van der Waals surface area contributed by atoms with Gasteiger partial charge < -0.3 is 14.8 Å². The van der Waals surface area contributed by atoms with E-state index in [2.05, 4.69) is 21.2 Å². The Balaban J connectivity index is 1.80. The third kappa shape index (κ3) is 3.57. The van der Waals surface area contributed by atoms with Crippen LogP contribution in [-0.4, -0.2) is 23.7 Å². The second-order valence-electron chi connectivity index (χ2n) is 4.50. The van der Waals surface area contributed by atoms with Gasteiger partial charge in [-0.2, -0.15) is 0 Å². The lowest BCUT2D eigenvalue weighted by molar-refractivity contribution is 0.0853. The molecule has 1 saturated carbocycles. The Bertz CT molecular complexity index is 391. The molecule has 5 heteroatoms. The first kappa shape index (κ1) is 12.6. The number of halogens is 1. The van der Waals surface area contributed by atoms with Crippen LogP contribution in [0.4, 0.5) is 0 Å². The summed E-state index contributed by atoms with van der Waals surface area (Å²) in [5.41, 5.74) is 0. The van der Waals surface area contributed by atoms with E-state index in [4.69, 9.17) is 4.42 Å². The summed E-state index contributed by atoms with van der Waals surface area (Å²) >= 11 is 3.16. The quantitative estimate of drug-likeness (QED) is 0.900. The minimum atomic E-state index is -0.205.